The van der Waals surface area contributed by atoms with Gasteiger partial charge in [-0.2, -0.15) is 0 Å². The van der Waals surface area contributed by atoms with Crippen molar-refractivity contribution in [2.75, 3.05) is 13.2 Å². The minimum atomic E-state index is -0.150. The molecule has 154 valence electrons. The summed E-state index contributed by atoms with van der Waals surface area (Å²) in [5, 5.41) is 9.99. The van der Waals surface area contributed by atoms with Crippen molar-refractivity contribution in [2.24, 2.45) is 0 Å². The fourth-order valence-electron chi connectivity index (χ4n) is 3.19. The molecule has 0 heterocycles. The van der Waals surface area contributed by atoms with Crippen LogP contribution in [0.3, 0.4) is 0 Å². The molecule has 0 amide bonds. The molecule has 0 saturated heterocycles. The van der Waals surface area contributed by atoms with Gasteiger partial charge in [-0.1, -0.05) is 78.1 Å². The quantitative estimate of drug-likeness (QED) is 0.146. The van der Waals surface area contributed by atoms with E-state index in [9.17, 15) is 5.11 Å². The molecular formula is C23H44O3. The second-order valence-corrected chi connectivity index (χ2v) is 7.80. The summed E-state index contributed by atoms with van der Waals surface area (Å²) in [5.74, 6) is 0.585. The molecule has 0 aromatic carbocycles. The third-order valence-electron chi connectivity index (χ3n) is 5.13. The first-order valence-corrected chi connectivity index (χ1v) is 11.4. The van der Waals surface area contributed by atoms with E-state index in [1.807, 2.05) is 0 Å². The Morgan fingerprint density at radius 1 is 0.769 bits per heavy atom. The third-order valence-corrected chi connectivity index (χ3v) is 5.13. The summed E-state index contributed by atoms with van der Waals surface area (Å²) in [6.45, 7) is 6.07. The minimum Gasteiger partial charge on any atom is -0.512 e. The molecule has 0 radical (unpaired) electrons. The van der Waals surface area contributed by atoms with Crippen molar-refractivity contribution in [1.82, 2.24) is 0 Å². The lowest BCUT2D eigenvalue weighted by atomic mass is 10.1. The number of allylic oxidation sites excluding steroid dienone is 2. The number of unbranched alkanes of at least 4 members (excludes halogenated alkanes) is 10. The Labute approximate surface area is 162 Å². The number of aliphatic hydroxyl groups excluding tert-OH is 1. The normalized spacial score (nSPS) is 13.6. The maximum Gasteiger partial charge on any atom is 0.158 e. The molecule has 1 fully saturated rings. The number of hydrogen-bond donors (Lipinski definition) is 1. The predicted octanol–water partition coefficient (Wildman–Crippen LogP) is 7.45. The van der Waals surface area contributed by atoms with Gasteiger partial charge >= 0.3 is 0 Å². The second kappa shape index (κ2) is 16.6. The first-order chi connectivity index (χ1) is 12.8. The van der Waals surface area contributed by atoms with E-state index in [1.165, 1.54) is 69.8 Å². The number of ether oxygens (including phenoxy) is 2. The molecule has 1 rings (SSSR count). The van der Waals surface area contributed by atoms with Gasteiger partial charge < -0.3 is 14.6 Å². The molecule has 0 aromatic rings. The van der Waals surface area contributed by atoms with E-state index in [1.54, 1.807) is 0 Å². The van der Waals surface area contributed by atoms with Crippen molar-refractivity contribution >= 4 is 0 Å². The molecule has 0 aromatic heterocycles. The lowest BCUT2D eigenvalue weighted by Gasteiger charge is -2.19. The molecule has 1 aliphatic carbocycles. The third kappa shape index (κ3) is 13.6. The fourth-order valence-corrected chi connectivity index (χ4v) is 3.19. The Morgan fingerprint density at radius 2 is 1.23 bits per heavy atom. The van der Waals surface area contributed by atoms with Crippen molar-refractivity contribution in [3.63, 3.8) is 0 Å². The van der Waals surface area contributed by atoms with Gasteiger partial charge in [-0.05, 0) is 31.3 Å². The molecule has 3 nitrogen and oxygen atoms in total. The van der Waals surface area contributed by atoms with Crippen molar-refractivity contribution in [3.05, 3.63) is 11.3 Å². The fraction of sp³-hybridized carbons (Fsp3) is 0.913. The lowest BCUT2D eigenvalue weighted by molar-refractivity contribution is -0.147. The van der Waals surface area contributed by atoms with E-state index in [-0.39, 0.29) is 6.29 Å². The van der Waals surface area contributed by atoms with Crippen LogP contribution in [0.15, 0.2) is 11.3 Å². The molecule has 0 spiro atoms. The van der Waals surface area contributed by atoms with Crippen LogP contribution < -0.4 is 0 Å². The summed E-state index contributed by atoms with van der Waals surface area (Å²) in [5.41, 5.74) is 1.23. The van der Waals surface area contributed by atoms with Crippen LogP contribution in [-0.2, 0) is 9.47 Å². The van der Waals surface area contributed by atoms with E-state index in [0.717, 1.165) is 45.3 Å². The van der Waals surface area contributed by atoms with Crippen molar-refractivity contribution in [2.45, 2.75) is 123 Å². The van der Waals surface area contributed by atoms with E-state index in [0.29, 0.717) is 12.2 Å². The van der Waals surface area contributed by atoms with Crippen LogP contribution in [0.25, 0.3) is 0 Å². The first-order valence-electron chi connectivity index (χ1n) is 11.4. The van der Waals surface area contributed by atoms with Crippen molar-refractivity contribution in [3.8, 4) is 0 Å². The standard InChI is InChI=1S/C23H44O3/c1-3-5-7-9-11-13-19-25-23(18-17-22(24)21-15-16-21)26-20-14-12-10-8-6-4-2/h23-24H,3-20H2,1-2H3. The van der Waals surface area contributed by atoms with Crippen LogP contribution in [0.2, 0.25) is 0 Å². The maximum atomic E-state index is 9.99. The topological polar surface area (TPSA) is 38.7 Å². The van der Waals surface area contributed by atoms with Crippen LogP contribution in [0, 0.1) is 0 Å². The molecular weight excluding hydrogens is 324 g/mol. The average molecular weight is 369 g/mol. The van der Waals surface area contributed by atoms with Crippen LogP contribution in [0.1, 0.15) is 117 Å². The van der Waals surface area contributed by atoms with Gasteiger partial charge in [-0.15, -0.1) is 0 Å². The zero-order valence-electron chi connectivity index (χ0n) is 17.6. The molecule has 3 heteroatoms. The van der Waals surface area contributed by atoms with E-state index < -0.39 is 0 Å². The highest BCUT2D eigenvalue weighted by atomic mass is 16.7. The van der Waals surface area contributed by atoms with Crippen LogP contribution >= 0.6 is 0 Å². The molecule has 0 atom stereocenters. The Kier molecular flexibility index (Phi) is 15.0. The predicted molar refractivity (Wildman–Crippen MR) is 111 cm³/mol. The van der Waals surface area contributed by atoms with Gasteiger partial charge in [0.2, 0.25) is 0 Å². The number of hydrogen-bond acceptors (Lipinski definition) is 3. The Hall–Kier alpha value is -0.540. The Balaban J connectivity index is 2.13. The van der Waals surface area contributed by atoms with Gasteiger partial charge in [-0.3, -0.25) is 0 Å². The van der Waals surface area contributed by atoms with Crippen LogP contribution in [0.5, 0.6) is 0 Å². The zero-order valence-corrected chi connectivity index (χ0v) is 17.6. The summed E-state index contributed by atoms with van der Waals surface area (Å²) in [6, 6.07) is 0. The summed E-state index contributed by atoms with van der Waals surface area (Å²) < 4.78 is 12.0. The maximum absolute atomic E-state index is 9.99. The molecule has 1 N–H and O–H groups in total. The highest BCUT2D eigenvalue weighted by Gasteiger charge is 2.18. The monoisotopic (exact) mass is 368 g/mol. The average Bonchev–Trinajstić information content (AvgIpc) is 3.49. The van der Waals surface area contributed by atoms with Gasteiger partial charge in [0.1, 0.15) is 0 Å². The van der Waals surface area contributed by atoms with Gasteiger partial charge in [0, 0.05) is 26.1 Å². The molecule has 1 saturated carbocycles. The van der Waals surface area contributed by atoms with Gasteiger partial charge in [-0.25, -0.2) is 0 Å². The minimum absolute atomic E-state index is 0.150. The molecule has 1 aliphatic rings. The Bertz CT molecular complexity index is 327. The molecule has 0 unspecified atom stereocenters. The summed E-state index contributed by atoms with van der Waals surface area (Å²) in [6.07, 6.45) is 18.8. The second-order valence-electron chi connectivity index (χ2n) is 7.80. The summed E-state index contributed by atoms with van der Waals surface area (Å²) >= 11 is 0. The first kappa shape index (κ1) is 23.5. The van der Waals surface area contributed by atoms with E-state index in [4.69, 9.17) is 9.47 Å². The smallest absolute Gasteiger partial charge is 0.158 e. The van der Waals surface area contributed by atoms with Crippen molar-refractivity contribution < 1.29 is 14.6 Å². The Morgan fingerprint density at radius 3 is 1.69 bits per heavy atom. The van der Waals surface area contributed by atoms with E-state index in [2.05, 4.69) is 13.8 Å². The molecule has 0 bridgehead atoms. The van der Waals surface area contributed by atoms with Crippen LogP contribution in [0.4, 0.5) is 0 Å². The molecule has 0 aliphatic heterocycles. The van der Waals surface area contributed by atoms with Crippen molar-refractivity contribution in [1.29, 1.82) is 0 Å². The largest absolute Gasteiger partial charge is 0.512 e. The number of aliphatic hydroxyl groups is 1. The lowest BCUT2D eigenvalue weighted by Crippen LogP contribution is -2.19. The number of rotatable bonds is 19. The van der Waals surface area contributed by atoms with Gasteiger partial charge in [0.15, 0.2) is 6.29 Å². The summed E-state index contributed by atoms with van der Waals surface area (Å²) in [7, 11) is 0. The molecule has 26 heavy (non-hydrogen) atoms. The zero-order chi connectivity index (χ0) is 18.9. The van der Waals surface area contributed by atoms with E-state index >= 15 is 0 Å². The van der Waals surface area contributed by atoms with Gasteiger partial charge in [0.05, 0.1) is 5.76 Å². The highest BCUT2D eigenvalue weighted by Crippen LogP contribution is 2.32. The summed E-state index contributed by atoms with van der Waals surface area (Å²) in [4.78, 5) is 0. The van der Waals surface area contributed by atoms with Crippen LogP contribution in [-0.4, -0.2) is 24.6 Å². The van der Waals surface area contributed by atoms with Gasteiger partial charge in [0.25, 0.3) is 0 Å². The highest BCUT2D eigenvalue weighted by molar-refractivity contribution is 5.20. The SMILES string of the molecule is CCCCCCCCOC(CCC(O)=C1CC1)OCCCCCCCC.